The average Bonchev–Trinajstić information content (AvgIpc) is 3.07. The van der Waals surface area contributed by atoms with Gasteiger partial charge in [-0.25, -0.2) is 0 Å². The molecule has 29 heavy (non-hydrogen) atoms. The highest BCUT2D eigenvalue weighted by Crippen LogP contribution is 2.35. The van der Waals surface area contributed by atoms with Crippen molar-refractivity contribution in [2.24, 2.45) is 17.4 Å². The number of fused-ring (bicyclic) bond motifs is 1. The molecule has 0 unspecified atom stereocenters. The van der Waals surface area contributed by atoms with Crippen molar-refractivity contribution < 1.29 is 19.1 Å². The zero-order chi connectivity index (χ0) is 21.1. The molecule has 0 radical (unpaired) electrons. The molecule has 0 saturated heterocycles. The van der Waals surface area contributed by atoms with Crippen LogP contribution in [0, 0.1) is 5.92 Å². The molecule has 1 aromatic heterocycles. The Bertz CT molecular complexity index is 1000. The summed E-state index contributed by atoms with van der Waals surface area (Å²) in [4.78, 5) is 42.5. The summed E-state index contributed by atoms with van der Waals surface area (Å²) in [6.45, 7) is 3.96. The quantitative estimate of drug-likeness (QED) is 0.428. The van der Waals surface area contributed by atoms with Crippen molar-refractivity contribution in [1.82, 2.24) is 9.97 Å². The van der Waals surface area contributed by atoms with Crippen LogP contribution < -0.4 is 37.1 Å². The minimum atomic E-state index is -0.956. The number of nitrogens with two attached hydrogens (primary N) is 2. The van der Waals surface area contributed by atoms with E-state index in [1.807, 2.05) is 13.8 Å². The smallest absolute Gasteiger partial charge is 0.267 e. The number of rotatable bonds is 8. The Kier molecular flexibility index (Phi) is 5.57. The average molecular weight is 402 g/mol. The molecule has 1 aliphatic heterocycles. The lowest BCUT2D eigenvalue weighted by atomic mass is 10.0. The summed E-state index contributed by atoms with van der Waals surface area (Å²) >= 11 is 0. The summed E-state index contributed by atoms with van der Waals surface area (Å²) in [5.74, 6) is -0.395. The van der Waals surface area contributed by atoms with Gasteiger partial charge in [-0.3, -0.25) is 19.4 Å². The zero-order valence-electron chi connectivity index (χ0n) is 15.9. The third-order valence-electron chi connectivity index (χ3n) is 4.16. The summed E-state index contributed by atoms with van der Waals surface area (Å²) in [6, 6.07) is 4.22. The molecule has 1 aromatic carbocycles. The molecule has 11 nitrogen and oxygen atoms in total. The Morgan fingerprint density at radius 2 is 1.97 bits per heavy atom. The van der Waals surface area contributed by atoms with Crippen LogP contribution in [-0.2, 0) is 4.79 Å². The number of primary amides is 2. The molecule has 0 fully saturated rings. The lowest BCUT2D eigenvalue weighted by Crippen LogP contribution is -2.38. The van der Waals surface area contributed by atoms with E-state index in [4.69, 9.17) is 20.9 Å². The standard InChI is InChI=1S/C18H22N6O5/c1-8(2)5-10(14(19)25)22-18-23-16(13(15(20)26)17(27)24-18)21-9-3-4-11-12(6-9)29-7-28-11/h3-4,6,8,10H,5,7H2,1-2H3,(H2,19,25)(H2,20,26)(H3,21,22,23,24,27)/t10-/m1/s1. The minimum Gasteiger partial charge on any atom is -0.454 e. The normalized spacial score (nSPS) is 13.2. The number of nitrogens with one attached hydrogen (secondary N) is 3. The van der Waals surface area contributed by atoms with Crippen molar-refractivity contribution in [2.45, 2.75) is 26.3 Å². The molecule has 2 heterocycles. The summed E-state index contributed by atoms with van der Waals surface area (Å²) in [5, 5.41) is 5.69. The van der Waals surface area contributed by atoms with Gasteiger partial charge in [-0.05, 0) is 24.5 Å². The molecule has 3 rings (SSSR count). The fraction of sp³-hybridized carbons (Fsp3) is 0.333. The van der Waals surface area contributed by atoms with Crippen LogP contribution in [0.15, 0.2) is 23.0 Å². The van der Waals surface area contributed by atoms with Crippen molar-refractivity contribution in [3.8, 4) is 11.5 Å². The van der Waals surface area contributed by atoms with Crippen LogP contribution in [0.25, 0.3) is 0 Å². The van der Waals surface area contributed by atoms with E-state index in [1.54, 1.807) is 18.2 Å². The predicted molar refractivity (Wildman–Crippen MR) is 105 cm³/mol. The highest BCUT2D eigenvalue weighted by molar-refractivity contribution is 5.98. The summed E-state index contributed by atoms with van der Waals surface area (Å²) in [7, 11) is 0. The van der Waals surface area contributed by atoms with Crippen LogP contribution in [0.2, 0.25) is 0 Å². The number of ether oxygens (including phenoxy) is 2. The molecule has 0 aliphatic carbocycles. The molecule has 0 saturated carbocycles. The topological polar surface area (TPSA) is 174 Å². The van der Waals surface area contributed by atoms with Gasteiger partial charge in [0.1, 0.15) is 11.6 Å². The number of aromatic nitrogens is 2. The van der Waals surface area contributed by atoms with Gasteiger partial charge in [0.05, 0.1) is 0 Å². The van der Waals surface area contributed by atoms with Gasteiger partial charge in [-0.15, -0.1) is 0 Å². The summed E-state index contributed by atoms with van der Waals surface area (Å²) in [6.07, 6.45) is 0.432. The summed E-state index contributed by atoms with van der Waals surface area (Å²) < 4.78 is 10.6. The molecule has 11 heteroatoms. The number of carbonyl (C=O) groups is 2. The molecule has 2 aromatic rings. The van der Waals surface area contributed by atoms with E-state index in [9.17, 15) is 14.4 Å². The zero-order valence-corrected chi connectivity index (χ0v) is 15.9. The second-order valence-electron chi connectivity index (χ2n) is 6.92. The maximum absolute atomic E-state index is 12.4. The lowest BCUT2D eigenvalue weighted by molar-refractivity contribution is -0.119. The maximum atomic E-state index is 12.4. The van der Waals surface area contributed by atoms with Crippen LogP contribution in [-0.4, -0.2) is 34.6 Å². The number of benzene rings is 1. The molecular weight excluding hydrogens is 380 g/mol. The number of hydrogen-bond donors (Lipinski definition) is 5. The van der Waals surface area contributed by atoms with E-state index in [1.165, 1.54) is 0 Å². The van der Waals surface area contributed by atoms with E-state index in [-0.39, 0.29) is 30.0 Å². The molecule has 1 atom stereocenters. The van der Waals surface area contributed by atoms with Crippen molar-refractivity contribution in [3.63, 3.8) is 0 Å². The Labute approximate surface area is 165 Å². The molecule has 1 aliphatic rings. The monoisotopic (exact) mass is 402 g/mol. The van der Waals surface area contributed by atoms with Gasteiger partial charge in [0.15, 0.2) is 17.3 Å². The molecule has 7 N–H and O–H groups in total. The molecule has 0 bridgehead atoms. The fourth-order valence-corrected chi connectivity index (χ4v) is 2.85. The lowest BCUT2D eigenvalue weighted by Gasteiger charge is -2.18. The first-order chi connectivity index (χ1) is 13.7. The number of aromatic amines is 1. The largest absolute Gasteiger partial charge is 0.454 e. The SMILES string of the molecule is CC(C)C[C@@H](Nc1nc(Nc2ccc3c(c2)OCO3)c(C(N)=O)c(=O)[nH]1)C(N)=O. The van der Waals surface area contributed by atoms with E-state index in [0.29, 0.717) is 23.6 Å². The maximum Gasteiger partial charge on any atom is 0.267 e. The van der Waals surface area contributed by atoms with Crippen molar-refractivity contribution in [2.75, 3.05) is 17.4 Å². The van der Waals surface area contributed by atoms with Gasteiger partial charge in [-0.1, -0.05) is 13.8 Å². The van der Waals surface area contributed by atoms with Gasteiger partial charge < -0.3 is 31.6 Å². The van der Waals surface area contributed by atoms with E-state index < -0.39 is 23.4 Å². The first-order valence-corrected chi connectivity index (χ1v) is 8.91. The summed E-state index contributed by atoms with van der Waals surface area (Å²) in [5.41, 5.74) is 10.2. The van der Waals surface area contributed by atoms with E-state index in [0.717, 1.165) is 0 Å². The van der Waals surface area contributed by atoms with Crippen molar-refractivity contribution in [1.29, 1.82) is 0 Å². The van der Waals surface area contributed by atoms with Crippen LogP contribution in [0.3, 0.4) is 0 Å². The van der Waals surface area contributed by atoms with Crippen LogP contribution in [0.4, 0.5) is 17.5 Å². The number of hydrogen-bond acceptors (Lipinski definition) is 8. The Morgan fingerprint density at radius 1 is 1.24 bits per heavy atom. The van der Waals surface area contributed by atoms with Gasteiger partial charge in [0, 0.05) is 11.8 Å². The highest BCUT2D eigenvalue weighted by Gasteiger charge is 2.22. The van der Waals surface area contributed by atoms with Crippen LogP contribution in [0.5, 0.6) is 11.5 Å². The van der Waals surface area contributed by atoms with Gasteiger partial charge in [0.25, 0.3) is 11.5 Å². The molecule has 0 spiro atoms. The fourth-order valence-electron chi connectivity index (χ4n) is 2.85. The Hall–Kier alpha value is -3.76. The van der Waals surface area contributed by atoms with Gasteiger partial charge in [0.2, 0.25) is 18.6 Å². The van der Waals surface area contributed by atoms with Crippen LogP contribution in [0.1, 0.15) is 30.6 Å². The van der Waals surface area contributed by atoms with E-state index in [2.05, 4.69) is 20.6 Å². The first-order valence-electron chi connectivity index (χ1n) is 8.91. The number of carbonyl (C=O) groups excluding carboxylic acids is 2. The number of amides is 2. The van der Waals surface area contributed by atoms with E-state index >= 15 is 0 Å². The third kappa shape index (κ3) is 4.57. The highest BCUT2D eigenvalue weighted by atomic mass is 16.7. The molecule has 2 amide bonds. The van der Waals surface area contributed by atoms with Crippen LogP contribution >= 0.6 is 0 Å². The minimum absolute atomic E-state index is 0.0207. The predicted octanol–water partition coefficient (Wildman–Crippen LogP) is 0.653. The number of anilines is 3. The molecular formula is C18H22N6O5. The third-order valence-corrected chi connectivity index (χ3v) is 4.16. The van der Waals surface area contributed by atoms with Gasteiger partial charge in [-0.2, -0.15) is 4.98 Å². The number of nitrogens with zero attached hydrogens (tertiary/aromatic N) is 1. The number of H-pyrrole nitrogens is 1. The second kappa shape index (κ2) is 8.09. The molecule has 154 valence electrons. The first kappa shape index (κ1) is 20.0. The van der Waals surface area contributed by atoms with Gasteiger partial charge >= 0.3 is 0 Å². The Morgan fingerprint density at radius 3 is 2.62 bits per heavy atom. The second-order valence-corrected chi connectivity index (χ2v) is 6.92. The van der Waals surface area contributed by atoms with Crippen molar-refractivity contribution >= 4 is 29.3 Å². The Balaban J connectivity index is 1.95. The van der Waals surface area contributed by atoms with Crippen molar-refractivity contribution in [3.05, 3.63) is 34.1 Å².